The molecular formula is C13H20O5. The van der Waals surface area contributed by atoms with Gasteiger partial charge in [0.2, 0.25) is 0 Å². The third-order valence-corrected chi connectivity index (χ3v) is 3.15. The normalized spacial score (nSPS) is 24.9. The van der Waals surface area contributed by atoms with Crippen LogP contribution in [0, 0.1) is 11.8 Å². The molecule has 1 fully saturated rings. The van der Waals surface area contributed by atoms with Crippen LogP contribution in [0.4, 0.5) is 0 Å². The predicted molar refractivity (Wildman–Crippen MR) is 64.8 cm³/mol. The van der Waals surface area contributed by atoms with Crippen molar-refractivity contribution in [1.82, 2.24) is 0 Å². The van der Waals surface area contributed by atoms with Gasteiger partial charge >= 0.3 is 11.9 Å². The van der Waals surface area contributed by atoms with E-state index in [-0.39, 0.29) is 6.61 Å². The summed E-state index contributed by atoms with van der Waals surface area (Å²) in [5.74, 6) is -2.48. The first-order valence-electron chi connectivity index (χ1n) is 6.22. The number of carbonyl (C=O) groups excluding carboxylic acids is 1. The van der Waals surface area contributed by atoms with Crippen molar-refractivity contribution in [2.24, 2.45) is 11.8 Å². The van der Waals surface area contributed by atoms with Crippen LogP contribution in [0.2, 0.25) is 0 Å². The molecule has 0 heterocycles. The second-order valence-electron chi connectivity index (χ2n) is 4.58. The van der Waals surface area contributed by atoms with Crippen molar-refractivity contribution in [1.29, 1.82) is 0 Å². The fourth-order valence-electron chi connectivity index (χ4n) is 2.23. The first-order chi connectivity index (χ1) is 8.56. The van der Waals surface area contributed by atoms with E-state index in [9.17, 15) is 9.59 Å². The number of ether oxygens (including phenoxy) is 2. The third-order valence-electron chi connectivity index (χ3n) is 3.15. The molecule has 0 bridgehead atoms. The lowest BCUT2D eigenvalue weighted by Crippen LogP contribution is -2.35. The molecule has 1 aliphatic rings. The molecule has 18 heavy (non-hydrogen) atoms. The summed E-state index contributed by atoms with van der Waals surface area (Å²) >= 11 is 0. The van der Waals surface area contributed by atoms with Gasteiger partial charge in [-0.05, 0) is 19.8 Å². The van der Waals surface area contributed by atoms with Gasteiger partial charge in [0.1, 0.15) is 12.7 Å². The average Bonchev–Trinajstić information content (AvgIpc) is 2.36. The van der Waals surface area contributed by atoms with E-state index in [4.69, 9.17) is 14.6 Å². The molecule has 5 nitrogen and oxygen atoms in total. The Hall–Kier alpha value is -1.52. The topological polar surface area (TPSA) is 72.8 Å². The quantitative estimate of drug-likeness (QED) is 0.581. The Morgan fingerprint density at radius 3 is 2.56 bits per heavy atom. The standard InChI is InChI=1S/C13H20O5/c1-3-17-8-9(2)18-13(16)11-7-5-4-6-10(11)12(14)15/h3,9-11H,1,4-8H2,2H3,(H,14,15). The number of aliphatic carboxylic acids is 1. The lowest BCUT2D eigenvalue weighted by Gasteiger charge is -2.27. The Balaban J connectivity index is 2.52. The summed E-state index contributed by atoms with van der Waals surface area (Å²) in [6.45, 7) is 5.34. The molecule has 1 aliphatic carbocycles. The van der Waals surface area contributed by atoms with Gasteiger partial charge in [-0.2, -0.15) is 0 Å². The van der Waals surface area contributed by atoms with Gasteiger partial charge < -0.3 is 14.6 Å². The highest BCUT2D eigenvalue weighted by Crippen LogP contribution is 2.31. The molecule has 1 N–H and O–H groups in total. The molecule has 1 saturated carbocycles. The molecule has 0 aromatic heterocycles. The Morgan fingerprint density at radius 2 is 2.00 bits per heavy atom. The molecule has 5 heteroatoms. The minimum Gasteiger partial charge on any atom is -0.498 e. The molecule has 0 aromatic carbocycles. The van der Waals surface area contributed by atoms with Crippen molar-refractivity contribution in [3.05, 3.63) is 12.8 Å². The van der Waals surface area contributed by atoms with E-state index in [2.05, 4.69) is 6.58 Å². The molecule has 0 aliphatic heterocycles. The van der Waals surface area contributed by atoms with Crippen molar-refractivity contribution in [2.45, 2.75) is 38.7 Å². The highest BCUT2D eigenvalue weighted by molar-refractivity contribution is 5.81. The zero-order valence-corrected chi connectivity index (χ0v) is 10.6. The lowest BCUT2D eigenvalue weighted by atomic mass is 9.79. The zero-order chi connectivity index (χ0) is 13.5. The summed E-state index contributed by atoms with van der Waals surface area (Å²) in [6.07, 6.45) is 3.76. The first kappa shape index (κ1) is 14.5. The summed E-state index contributed by atoms with van der Waals surface area (Å²) in [4.78, 5) is 23.0. The molecule has 1 rings (SSSR count). The molecule has 3 atom stereocenters. The monoisotopic (exact) mass is 256 g/mol. The van der Waals surface area contributed by atoms with Crippen LogP contribution in [0.25, 0.3) is 0 Å². The van der Waals surface area contributed by atoms with Crippen molar-refractivity contribution in [2.75, 3.05) is 6.61 Å². The van der Waals surface area contributed by atoms with E-state index >= 15 is 0 Å². The Morgan fingerprint density at radius 1 is 1.39 bits per heavy atom. The van der Waals surface area contributed by atoms with Crippen molar-refractivity contribution in [3.8, 4) is 0 Å². The summed E-state index contributed by atoms with van der Waals surface area (Å²) in [5.41, 5.74) is 0. The van der Waals surface area contributed by atoms with Gasteiger partial charge in [-0.15, -0.1) is 0 Å². The van der Waals surface area contributed by atoms with Gasteiger partial charge in [0, 0.05) is 0 Å². The largest absolute Gasteiger partial charge is 0.498 e. The second-order valence-corrected chi connectivity index (χ2v) is 4.58. The molecule has 0 saturated heterocycles. The number of esters is 1. The first-order valence-corrected chi connectivity index (χ1v) is 6.22. The van der Waals surface area contributed by atoms with Gasteiger partial charge in [-0.1, -0.05) is 19.4 Å². The Labute approximate surface area is 107 Å². The van der Waals surface area contributed by atoms with Crippen molar-refractivity contribution < 1.29 is 24.2 Å². The van der Waals surface area contributed by atoms with Crippen LogP contribution in [0.1, 0.15) is 32.6 Å². The van der Waals surface area contributed by atoms with Gasteiger partial charge in [0.25, 0.3) is 0 Å². The second kappa shape index (κ2) is 7.03. The molecule has 0 aromatic rings. The van der Waals surface area contributed by atoms with Gasteiger partial charge in [-0.3, -0.25) is 9.59 Å². The fraction of sp³-hybridized carbons (Fsp3) is 0.692. The number of carboxylic acids is 1. The van der Waals surface area contributed by atoms with Crippen LogP contribution in [0.5, 0.6) is 0 Å². The highest BCUT2D eigenvalue weighted by atomic mass is 16.6. The average molecular weight is 256 g/mol. The SMILES string of the molecule is C=COCC(C)OC(=O)C1CCCCC1C(=O)O. The van der Waals surface area contributed by atoms with Gasteiger partial charge in [0.15, 0.2) is 0 Å². The van der Waals surface area contributed by atoms with Crippen LogP contribution in [-0.2, 0) is 19.1 Å². The number of carboxylic acid groups (broad SMARTS) is 1. The number of rotatable bonds is 6. The van der Waals surface area contributed by atoms with E-state index in [0.717, 1.165) is 12.8 Å². The number of hydrogen-bond donors (Lipinski definition) is 1. The Kier molecular flexibility index (Phi) is 5.68. The lowest BCUT2D eigenvalue weighted by molar-refractivity contribution is -0.164. The molecule has 102 valence electrons. The maximum atomic E-state index is 11.9. The van der Waals surface area contributed by atoms with Crippen molar-refractivity contribution >= 4 is 11.9 Å². The Bertz CT molecular complexity index is 313. The van der Waals surface area contributed by atoms with Gasteiger partial charge in [-0.25, -0.2) is 0 Å². The smallest absolute Gasteiger partial charge is 0.310 e. The maximum absolute atomic E-state index is 11.9. The van der Waals surface area contributed by atoms with Crippen LogP contribution < -0.4 is 0 Å². The minimum absolute atomic E-state index is 0.236. The van der Waals surface area contributed by atoms with Crippen LogP contribution in [0.15, 0.2) is 12.8 Å². The highest BCUT2D eigenvalue weighted by Gasteiger charge is 2.37. The van der Waals surface area contributed by atoms with E-state index < -0.39 is 29.9 Å². The summed E-state index contributed by atoms with van der Waals surface area (Å²) in [6, 6.07) is 0. The van der Waals surface area contributed by atoms with E-state index in [1.54, 1.807) is 6.92 Å². The molecular weight excluding hydrogens is 236 g/mol. The number of hydrogen-bond acceptors (Lipinski definition) is 4. The third kappa shape index (κ3) is 4.05. The molecule has 0 amide bonds. The zero-order valence-electron chi connectivity index (χ0n) is 10.6. The summed E-state index contributed by atoms with van der Waals surface area (Å²) < 4.78 is 10.1. The van der Waals surface area contributed by atoms with Crippen LogP contribution in [-0.4, -0.2) is 29.8 Å². The minimum atomic E-state index is -0.911. The van der Waals surface area contributed by atoms with Crippen LogP contribution >= 0.6 is 0 Å². The predicted octanol–water partition coefficient (Wildman–Crippen LogP) is 1.97. The van der Waals surface area contributed by atoms with Gasteiger partial charge in [0.05, 0.1) is 18.1 Å². The van der Waals surface area contributed by atoms with E-state index in [1.807, 2.05) is 0 Å². The number of carbonyl (C=O) groups is 2. The molecule has 0 spiro atoms. The summed E-state index contributed by atoms with van der Waals surface area (Å²) in [5, 5.41) is 9.09. The maximum Gasteiger partial charge on any atom is 0.310 e. The van der Waals surface area contributed by atoms with Crippen molar-refractivity contribution in [3.63, 3.8) is 0 Å². The fourth-order valence-corrected chi connectivity index (χ4v) is 2.23. The van der Waals surface area contributed by atoms with E-state index in [1.165, 1.54) is 6.26 Å². The van der Waals surface area contributed by atoms with E-state index in [0.29, 0.717) is 12.8 Å². The molecule has 3 unspecified atom stereocenters. The van der Waals surface area contributed by atoms with Crippen LogP contribution in [0.3, 0.4) is 0 Å². The summed E-state index contributed by atoms with van der Waals surface area (Å²) in [7, 11) is 0. The molecule has 0 radical (unpaired) electrons.